The second-order valence-electron chi connectivity index (χ2n) is 2.99. The van der Waals surface area contributed by atoms with Crippen molar-refractivity contribution in [3.05, 3.63) is 29.0 Å². The minimum absolute atomic E-state index is 0.0746. The van der Waals surface area contributed by atoms with Crippen LogP contribution in [-0.2, 0) is 4.74 Å². The van der Waals surface area contributed by atoms with Gasteiger partial charge in [0.2, 0.25) is 0 Å². The molecule has 0 aliphatic rings. The van der Waals surface area contributed by atoms with Gasteiger partial charge in [0.1, 0.15) is 5.15 Å². The fourth-order valence-corrected chi connectivity index (χ4v) is 1.04. The summed E-state index contributed by atoms with van der Waals surface area (Å²) in [5.41, 5.74) is 0.435. The Morgan fingerprint density at radius 2 is 2.43 bits per heavy atom. The lowest BCUT2D eigenvalue weighted by molar-refractivity contribution is 0.0334. The molecule has 0 aliphatic heterocycles. The lowest BCUT2D eigenvalue weighted by Crippen LogP contribution is -2.13. The number of ether oxygens (including phenoxy) is 1. The van der Waals surface area contributed by atoms with Crippen LogP contribution in [0, 0.1) is 0 Å². The van der Waals surface area contributed by atoms with Gasteiger partial charge in [-0.3, -0.25) is 0 Å². The van der Waals surface area contributed by atoms with Crippen molar-refractivity contribution in [2.75, 3.05) is 0 Å². The van der Waals surface area contributed by atoms with Crippen LogP contribution in [0.5, 0.6) is 0 Å². The molecule has 0 amide bonds. The van der Waals surface area contributed by atoms with Crippen molar-refractivity contribution in [1.82, 2.24) is 4.98 Å². The Bertz CT molecular complexity index is 328. The molecule has 1 rings (SSSR count). The van der Waals surface area contributed by atoms with Gasteiger partial charge in [-0.2, -0.15) is 0 Å². The molecular formula is C10H12ClNO2. The largest absolute Gasteiger partial charge is 0.459 e. The predicted molar refractivity (Wildman–Crippen MR) is 54.4 cm³/mol. The molecule has 1 aromatic heterocycles. The van der Waals surface area contributed by atoms with E-state index in [-0.39, 0.29) is 12.1 Å². The molecule has 0 radical (unpaired) electrons. The standard InChI is InChI=1S/C10H12ClNO2/c1-3-7(2)14-10(13)8-4-5-12-9(11)6-8/h4-7H,3H2,1-2H3. The van der Waals surface area contributed by atoms with Crippen LogP contribution in [0.15, 0.2) is 18.3 Å². The van der Waals surface area contributed by atoms with E-state index in [1.54, 1.807) is 6.07 Å². The fraction of sp³-hybridized carbons (Fsp3) is 0.400. The van der Waals surface area contributed by atoms with E-state index in [0.29, 0.717) is 10.7 Å². The first-order valence-corrected chi connectivity index (χ1v) is 4.83. The van der Waals surface area contributed by atoms with Gasteiger partial charge < -0.3 is 4.74 Å². The maximum atomic E-state index is 11.5. The Kier molecular flexibility index (Phi) is 3.89. The Morgan fingerprint density at radius 1 is 1.71 bits per heavy atom. The molecule has 0 aromatic carbocycles. The molecular weight excluding hydrogens is 202 g/mol. The minimum atomic E-state index is -0.358. The van der Waals surface area contributed by atoms with Gasteiger partial charge in [0, 0.05) is 6.20 Å². The predicted octanol–water partition coefficient (Wildman–Crippen LogP) is 2.69. The zero-order chi connectivity index (χ0) is 10.6. The smallest absolute Gasteiger partial charge is 0.338 e. The zero-order valence-corrected chi connectivity index (χ0v) is 8.91. The molecule has 0 N–H and O–H groups in total. The van der Waals surface area contributed by atoms with Crippen molar-refractivity contribution >= 4 is 17.6 Å². The van der Waals surface area contributed by atoms with Crippen molar-refractivity contribution in [2.45, 2.75) is 26.4 Å². The van der Waals surface area contributed by atoms with Crippen molar-refractivity contribution in [3.63, 3.8) is 0 Å². The van der Waals surface area contributed by atoms with Crippen molar-refractivity contribution in [1.29, 1.82) is 0 Å². The van der Waals surface area contributed by atoms with Gasteiger partial charge in [0.05, 0.1) is 11.7 Å². The van der Waals surface area contributed by atoms with Crippen LogP contribution < -0.4 is 0 Å². The molecule has 0 saturated carbocycles. The number of rotatable bonds is 3. The summed E-state index contributed by atoms with van der Waals surface area (Å²) in [6, 6.07) is 3.07. The first-order valence-electron chi connectivity index (χ1n) is 4.46. The minimum Gasteiger partial charge on any atom is -0.459 e. The van der Waals surface area contributed by atoms with Gasteiger partial charge in [-0.05, 0) is 25.5 Å². The molecule has 14 heavy (non-hydrogen) atoms. The van der Waals surface area contributed by atoms with E-state index in [1.807, 2.05) is 13.8 Å². The van der Waals surface area contributed by atoms with Gasteiger partial charge in [0.15, 0.2) is 0 Å². The number of carbonyl (C=O) groups excluding carboxylic acids is 1. The molecule has 0 bridgehead atoms. The molecule has 1 unspecified atom stereocenters. The number of aromatic nitrogens is 1. The summed E-state index contributed by atoms with van der Waals surface area (Å²) < 4.78 is 5.12. The summed E-state index contributed by atoms with van der Waals surface area (Å²) in [6.45, 7) is 3.80. The number of esters is 1. The van der Waals surface area contributed by atoms with Crippen LogP contribution in [0.25, 0.3) is 0 Å². The van der Waals surface area contributed by atoms with E-state index in [1.165, 1.54) is 12.3 Å². The van der Waals surface area contributed by atoms with Crippen LogP contribution in [0.4, 0.5) is 0 Å². The molecule has 0 aliphatic carbocycles. The van der Waals surface area contributed by atoms with Crippen LogP contribution >= 0.6 is 11.6 Å². The highest BCUT2D eigenvalue weighted by Crippen LogP contribution is 2.10. The SMILES string of the molecule is CCC(C)OC(=O)c1ccnc(Cl)c1. The molecule has 76 valence electrons. The van der Waals surface area contributed by atoms with E-state index in [9.17, 15) is 4.79 Å². The molecule has 4 heteroatoms. The monoisotopic (exact) mass is 213 g/mol. The number of pyridine rings is 1. The summed E-state index contributed by atoms with van der Waals surface area (Å²) in [5.74, 6) is -0.358. The Hall–Kier alpha value is -1.09. The number of carbonyl (C=O) groups is 1. The van der Waals surface area contributed by atoms with Crippen LogP contribution in [0.3, 0.4) is 0 Å². The molecule has 1 aromatic rings. The Balaban J connectivity index is 2.70. The average Bonchev–Trinajstić information content (AvgIpc) is 2.17. The molecule has 0 saturated heterocycles. The van der Waals surface area contributed by atoms with Crippen LogP contribution in [-0.4, -0.2) is 17.1 Å². The third-order valence-electron chi connectivity index (χ3n) is 1.85. The quantitative estimate of drug-likeness (QED) is 0.573. The highest BCUT2D eigenvalue weighted by Gasteiger charge is 2.10. The first-order chi connectivity index (χ1) is 6.63. The first kappa shape index (κ1) is 11.0. The average molecular weight is 214 g/mol. The highest BCUT2D eigenvalue weighted by molar-refractivity contribution is 6.29. The zero-order valence-electron chi connectivity index (χ0n) is 8.16. The van der Waals surface area contributed by atoms with Gasteiger partial charge in [-0.25, -0.2) is 9.78 Å². The van der Waals surface area contributed by atoms with E-state index in [4.69, 9.17) is 16.3 Å². The molecule has 1 atom stereocenters. The molecule has 3 nitrogen and oxygen atoms in total. The molecule has 0 spiro atoms. The highest BCUT2D eigenvalue weighted by atomic mass is 35.5. The summed E-state index contributed by atoms with van der Waals surface area (Å²) in [6.07, 6.45) is 2.20. The van der Waals surface area contributed by atoms with E-state index in [0.717, 1.165) is 6.42 Å². The maximum absolute atomic E-state index is 11.5. The lowest BCUT2D eigenvalue weighted by Gasteiger charge is -2.10. The number of hydrogen-bond acceptors (Lipinski definition) is 3. The summed E-state index contributed by atoms with van der Waals surface area (Å²) in [4.78, 5) is 15.2. The summed E-state index contributed by atoms with van der Waals surface area (Å²) in [7, 11) is 0. The normalized spacial score (nSPS) is 12.2. The summed E-state index contributed by atoms with van der Waals surface area (Å²) in [5, 5.41) is 0.295. The van der Waals surface area contributed by atoms with E-state index in [2.05, 4.69) is 4.98 Å². The maximum Gasteiger partial charge on any atom is 0.338 e. The third kappa shape index (κ3) is 3.00. The molecule has 1 heterocycles. The number of hydrogen-bond donors (Lipinski definition) is 0. The van der Waals surface area contributed by atoms with Gasteiger partial charge in [-0.15, -0.1) is 0 Å². The van der Waals surface area contributed by atoms with Gasteiger partial charge in [-0.1, -0.05) is 18.5 Å². The number of halogens is 1. The van der Waals surface area contributed by atoms with Crippen molar-refractivity contribution in [2.24, 2.45) is 0 Å². The Morgan fingerprint density at radius 3 is 3.00 bits per heavy atom. The van der Waals surface area contributed by atoms with E-state index < -0.39 is 0 Å². The topological polar surface area (TPSA) is 39.2 Å². The second-order valence-corrected chi connectivity index (χ2v) is 3.38. The second kappa shape index (κ2) is 4.96. The third-order valence-corrected chi connectivity index (χ3v) is 2.05. The lowest BCUT2D eigenvalue weighted by atomic mass is 10.2. The van der Waals surface area contributed by atoms with Gasteiger partial charge >= 0.3 is 5.97 Å². The fourth-order valence-electron chi connectivity index (χ4n) is 0.864. The van der Waals surface area contributed by atoms with Crippen LogP contribution in [0.2, 0.25) is 5.15 Å². The summed E-state index contributed by atoms with van der Waals surface area (Å²) >= 11 is 5.64. The van der Waals surface area contributed by atoms with Crippen LogP contribution in [0.1, 0.15) is 30.6 Å². The van der Waals surface area contributed by atoms with Crippen molar-refractivity contribution < 1.29 is 9.53 Å². The molecule has 0 fully saturated rings. The van der Waals surface area contributed by atoms with Gasteiger partial charge in [0.25, 0.3) is 0 Å². The van der Waals surface area contributed by atoms with E-state index >= 15 is 0 Å². The Labute approximate surface area is 88.1 Å². The number of nitrogens with zero attached hydrogens (tertiary/aromatic N) is 1. The van der Waals surface area contributed by atoms with Crippen molar-refractivity contribution in [3.8, 4) is 0 Å².